The molecule has 1 aromatic carbocycles. The number of hydrogen-bond donors (Lipinski definition) is 2. The molecule has 0 aliphatic rings. The van der Waals surface area contributed by atoms with Crippen LogP contribution in [0.4, 0.5) is 0 Å². The predicted molar refractivity (Wildman–Crippen MR) is 81.2 cm³/mol. The van der Waals surface area contributed by atoms with Gasteiger partial charge in [-0.05, 0) is 31.0 Å². The van der Waals surface area contributed by atoms with Gasteiger partial charge >= 0.3 is 0 Å². The second-order valence-corrected chi connectivity index (χ2v) is 5.05. The zero-order valence-corrected chi connectivity index (χ0v) is 12.4. The molecule has 0 atom stereocenters. The summed E-state index contributed by atoms with van der Waals surface area (Å²) in [6, 6.07) is 9.84. The van der Waals surface area contributed by atoms with Crippen molar-refractivity contribution in [3.8, 4) is 11.3 Å². The van der Waals surface area contributed by atoms with Crippen molar-refractivity contribution >= 4 is 5.91 Å². The zero-order valence-electron chi connectivity index (χ0n) is 12.4. The molecule has 3 rings (SSSR count). The summed E-state index contributed by atoms with van der Waals surface area (Å²) >= 11 is 0. The lowest BCUT2D eigenvalue weighted by Gasteiger charge is -2.06. The molecule has 1 amide bonds. The zero-order chi connectivity index (χ0) is 15.5. The van der Waals surface area contributed by atoms with Gasteiger partial charge in [0.1, 0.15) is 11.3 Å². The molecule has 6 nitrogen and oxygen atoms in total. The molecule has 0 spiro atoms. The SMILES string of the molecule is Cc1noc(C)c1C(=O)NCc1ccc(-c2ccn[nH]2)cc1. The van der Waals surface area contributed by atoms with E-state index in [9.17, 15) is 4.79 Å². The van der Waals surface area contributed by atoms with Gasteiger partial charge in [0.15, 0.2) is 0 Å². The van der Waals surface area contributed by atoms with E-state index in [0.717, 1.165) is 16.8 Å². The van der Waals surface area contributed by atoms with Gasteiger partial charge in [0.25, 0.3) is 5.91 Å². The van der Waals surface area contributed by atoms with Gasteiger partial charge in [0, 0.05) is 12.7 Å². The van der Waals surface area contributed by atoms with Crippen LogP contribution in [-0.4, -0.2) is 21.3 Å². The van der Waals surface area contributed by atoms with E-state index in [-0.39, 0.29) is 5.91 Å². The Bertz CT molecular complexity index is 754. The van der Waals surface area contributed by atoms with Crippen molar-refractivity contribution in [3.05, 3.63) is 59.1 Å². The molecule has 6 heteroatoms. The molecule has 0 unspecified atom stereocenters. The number of benzene rings is 1. The second-order valence-electron chi connectivity index (χ2n) is 5.05. The number of aromatic amines is 1. The van der Waals surface area contributed by atoms with E-state index in [4.69, 9.17) is 4.52 Å². The molecular weight excluding hydrogens is 280 g/mol. The maximum Gasteiger partial charge on any atom is 0.257 e. The highest BCUT2D eigenvalue weighted by molar-refractivity contribution is 5.96. The van der Waals surface area contributed by atoms with Crippen molar-refractivity contribution < 1.29 is 9.32 Å². The fraction of sp³-hybridized carbons (Fsp3) is 0.188. The first-order valence-electron chi connectivity index (χ1n) is 6.95. The Labute approximate surface area is 127 Å². The minimum Gasteiger partial charge on any atom is -0.361 e. The Balaban J connectivity index is 1.66. The number of H-pyrrole nitrogens is 1. The number of aromatic nitrogens is 3. The third-order valence-electron chi connectivity index (χ3n) is 3.48. The Hall–Kier alpha value is -2.89. The minimum atomic E-state index is -0.172. The van der Waals surface area contributed by atoms with Crippen molar-refractivity contribution in [2.45, 2.75) is 20.4 Å². The number of nitrogens with one attached hydrogen (secondary N) is 2. The number of carbonyl (C=O) groups is 1. The van der Waals surface area contributed by atoms with Crippen LogP contribution in [0.2, 0.25) is 0 Å². The Kier molecular flexibility index (Phi) is 3.74. The van der Waals surface area contributed by atoms with E-state index < -0.39 is 0 Å². The standard InChI is InChI=1S/C16H16N4O2/c1-10-15(11(2)22-20-10)16(21)17-9-12-3-5-13(6-4-12)14-7-8-18-19-14/h3-8H,9H2,1-2H3,(H,17,21)(H,18,19). The first-order valence-corrected chi connectivity index (χ1v) is 6.95. The molecule has 2 heterocycles. The normalized spacial score (nSPS) is 10.6. The molecule has 2 aromatic heterocycles. The molecule has 0 fully saturated rings. The number of amides is 1. The van der Waals surface area contributed by atoms with Crippen LogP contribution >= 0.6 is 0 Å². The topological polar surface area (TPSA) is 83.8 Å². The van der Waals surface area contributed by atoms with Gasteiger partial charge in [-0.25, -0.2) is 0 Å². The summed E-state index contributed by atoms with van der Waals surface area (Å²) < 4.78 is 5.01. The summed E-state index contributed by atoms with van der Waals surface area (Å²) in [5.41, 5.74) is 4.15. The van der Waals surface area contributed by atoms with Crippen molar-refractivity contribution in [3.63, 3.8) is 0 Å². The summed E-state index contributed by atoms with van der Waals surface area (Å²) in [4.78, 5) is 12.2. The molecule has 112 valence electrons. The van der Waals surface area contributed by atoms with Gasteiger partial charge < -0.3 is 9.84 Å². The number of rotatable bonds is 4. The van der Waals surface area contributed by atoms with Crippen molar-refractivity contribution in [1.29, 1.82) is 0 Å². The molecular formula is C16H16N4O2. The van der Waals surface area contributed by atoms with Gasteiger partial charge in [-0.15, -0.1) is 0 Å². The van der Waals surface area contributed by atoms with Gasteiger partial charge in [-0.1, -0.05) is 29.4 Å². The van der Waals surface area contributed by atoms with Crippen LogP contribution in [-0.2, 0) is 6.54 Å². The molecule has 3 aromatic rings. The van der Waals surface area contributed by atoms with Crippen molar-refractivity contribution in [1.82, 2.24) is 20.7 Å². The van der Waals surface area contributed by atoms with E-state index in [1.165, 1.54) is 0 Å². The highest BCUT2D eigenvalue weighted by Gasteiger charge is 2.16. The van der Waals surface area contributed by atoms with Crippen LogP contribution in [0.15, 0.2) is 41.1 Å². The molecule has 22 heavy (non-hydrogen) atoms. The fourth-order valence-electron chi connectivity index (χ4n) is 2.30. The quantitative estimate of drug-likeness (QED) is 0.775. The molecule has 0 saturated heterocycles. The van der Waals surface area contributed by atoms with E-state index in [2.05, 4.69) is 20.7 Å². The second kappa shape index (κ2) is 5.85. The van der Waals surface area contributed by atoms with Gasteiger partial charge in [-0.3, -0.25) is 9.89 Å². The molecule has 0 radical (unpaired) electrons. The van der Waals surface area contributed by atoms with E-state index in [1.807, 2.05) is 30.3 Å². The van der Waals surface area contributed by atoms with Gasteiger partial charge in [0.2, 0.25) is 0 Å². The van der Waals surface area contributed by atoms with E-state index >= 15 is 0 Å². The Morgan fingerprint density at radius 1 is 1.23 bits per heavy atom. The van der Waals surface area contributed by atoms with Crippen LogP contribution in [0.25, 0.3) is 11.3 Å². The smallest absolute Gasteiger partial charge is 0.257 e. The largest absolute Gasteiger partial charge is 0.361 e. The highest BCUT2D eigenvalue weighted by Crippen LogP contribution is 2.17. The lowest BCUT2D eigenvalue weighted by Crippen LogP contribution is -2.23. The van der Waals surface area contributed by atoms with E-state index in [1.54, 1.807) is 20.0 Å². The summed E-state index contributed by atoms with van der Waals surface area (Å²) in [6.45, 7) is 3.94. The molecule has 0 aliphatic carbocycles. The summed E-state index contributed by atoms with van der Waals surface area (Å²) in [5.74, 6) is 0.360. The van der Waals surface area contributed by atoms with Gasteiger partial charge in [0.05, 0.1) is 11.4 Å². The van der Waals surface area contributed by atoms with E-state index in [0.29, 0.717) is 23.6 Å². The average molecular weight is 296 g/mol. The van der Waals surface area contributed by atoms with Crippen LogP contribution in [0.3, 0.4) is 0 Å². The van der Waals surface area contributed by atoms with Crippen molar-refractivity contribution in [2.75, 3.05) is 0 Å². The minimum absolute atomic E-state index is 0.172. The third-order valence-corrected chi connectivity index (χ3v) is 3.48. The average Bonchev–Trinajstić information content (AvgIpc) is 3.16. The fourth-order valence-corrected chi connectivity index (χ4v) is 2.30. The maximum absolute atomic E-state index is 12.2. The number of hydrogen-bond acceptors (Lipinski definition) is 4. The summed E-state index contributed by atoms with van der Waals surface area (Å²) in [7, 11) is 0. The van der Waals surface area contributed by atoms with Gasteiger partial charge in [-0.2, -0.15) is 5.10 Å². The Morgan fingerprint density at radius 2 is 2.00 bits per heavy atom. The number of aryl methyl sites for hydroxylation is 2. The number of carbonyl (C=O) groups excluding carboxylic acids is 1. The number of nitrogens with zero attached hydrogens (tertiary/aromatic N) is 2. The van der Waals surface area contributed by atoms with Crippen LogP contribution in [0.1, 0.15) is 27.4 Å². The lowest BCUT2D eigenvalue weighted by molar-refractivity contribution is 0.0949. The first-order chi connectivity index (χ1) is 10.6. The predicted octanol–water partition coefficient (Wildman–Crippen LogP) is 2.61. The lowest BCUT2D eigenvalue weighted by atomic mass is 10.1. The first kappa shape index (κ1) is 14.1. The highest BCUT2D eigenvalue weighted by atomic mass is 16.5. The van der Waals surface area contributed by atoms with Crippen molar-refractivity contribution in [2.24, 2.45) is 0 Å². The maximum atomic E-state index is 12.2. The molecule has 0 aliphatic heterocycles. The monoisotopic (exact) mass is 296 g/mol. The van der Waals surface area contributed by atoms with Crippen LogP contribution in [0, 0.1) is 13.8 Å². The molecule has 0 saturated carbocycles. The molecule has 2 N–H and O–H groups in total. The van der Waals surface area contributed by atoms with Crippen LogP contribution < -0.4 is 5.32 Å². The molecule has 0 bridgehead atoms. The summed E-state index contributed by atoms with van der Waals surface area (Å²) in [5, 5.41) is 13.5. The summed E-state index contributed by atoms with van der Waals surface area (Å²) in [6.07, 6.45) is 1.72. The third kappa shape index (κ3) is 2.76. The van der Waals surface area contributed by atoms with Crippen LogP contribution in [0.5, 0.6) is 0 Å². The Morgan fingerprint density at radius 3 is 2.59 bits per heavy atom.